The van der Waals surface area contributed by atoms with Crippen molar-refractivity contribution >= 4 is 35.0 Å². The van der Waals surface area contributed by atoms with Crippen LogP contribution in [0.5, 0.6) is 5.75 Å². The zero-order valence-electron chi connectivity index (χ0n) is 16.0. The number of aromatic hydroxyl groups is 1. The summed E-state index contributed by atoms with van der Waals surface area (Å²) in [5.41, 5.74) is -0.741. The third-order valence-electron chi connectivity index (χ3n) is 4.61. The second-order valence-corrected chi connectivity index (χ2v) is 7.27. The van der Waals surface area contributed by atoms with Gasteiger partial charge in [-0.25, -0.2) is 4.98 Å². The van der Waals surface area contributed by atoms with Crippen LogP contribution in [0.3, 0.4) is 0 Å². The Labute approximate surface area is 176 Å². The molecule has 0 bridgehead atoms. The maximum absolute atomic E-state index is 13.3. The summed E-state index contributed by atoms with van der Waals surface area (Å²) in [6, 6.07) is 4.12. The van der Waals surface area contributed by atoms with E-state index >= 15 is 0 Å². The number of benzene rings is 1. The van der Waals surface area contributed by atoms with Crippen LogP contribution in [0.15, 0.2) is 24.4 Å². The molecule has 11 heteroatoms. The molecule has 7 nitrogen and oxygen atoms in total. The van der Waals surface area contributed by atoms with Gasteiger partial charge in [-0.15, -0.1) is 0 Å². The molecule has 1 aromatic heterocycles. The average Bonchev–Trinajstić information content (AvgIpc) is 2.68. The van der Waals surface area contributed by atoms with E-state index in [1.54, 1.807) is 4.90 Å². The number of carbonyl (C=O) groups is 1. The van der Waals surface area contributed by atoms with E-state index in [0.717, 1.165) is 12.8 Å². The smallest absolute Gasteiger partial charge is 0.421 e. The van der Waals surface area contributed by atoms with E-state index in [1.165, 1.54) is 18.2 Å². The summed E-state index contributed by atoms with van der Waals surface area (Å²) < 4.78 is 40.0. The average molecular weight is 444 g/mol. The van der Waals surface area contributed by atoms with E-state index in [4.69, 9.17) is 11.6 Å². The topological polar surface area (TPSA) is 90.4 Å². The van der Waals surface area contributed by atoms with Gasteiger partial charge in [0.05, 0.1) is 10.7 Å². The molecule has 0 atom stereocenters. The van der Waals surface area contributed by atoms with Gasteiger partial charge < -0.3 is 20.6 Å². The first-order chi connectivity index (χ1) is 14.2. The number of amides is 1. The molecule has 3 rings (SSSR count). The molecule has 0 saturated carbocycles. The number of likely N-dealkylation sites (tertiary alicyclic amines) is 1. The van der Waals surface area contributed by atoms with Gasteiger partial charge >= 0.3 is 6.18 Å². The number of hydrogen-bond acceptors (Lipinski definition) is 6. The lowest BCUT2D eigenvalue weighted by Crippen LogP contribution is -2.36. The number of anilines is 3. The van der Waals surface area contributed by atoms with Gasteiger partial charge in [0.1, 0.15) is 17.1 Å². The molecule has 30 heavy (non-hydrogen) atoms. The minimum absolute atomic E-state index is 0.0700. The fraction of sp³-hybridized carbons (Fsp3) is 0.421. The lowest BCUT2D eigenvalue weighted by molar-refractivity contribution is -0.137. The highest BCUT2D eigenvalue weighted by atomic mass is 35.5. The molecule has 1 fully saturated rings. The molecule has 1 aliphatic heterocycles. The van der Waals surface area contributed by atoms with Gasteiger partial charge in [-0.3, -0.25) is 4.79 Å². The normalized spacial score (nSPS) is 14.7. The SMILES string of the molecule is O=C1CCCCN1CCCNc1nc(Nc2cc(O)ccc2Cl)ncc1C(F)(F)F. The number of phenolic OH excluding ortho intramolecular Hbond substituents is 1. The first-order valence-corrected chi connectivity index (χ1v) is 9.83. The number of nitrogens with zero attached hydrogens (tertiary/aromatic N) is 3. The Morgan fingerprint density at radius 2 is 2.07 bits per heavy atom. The van der Waals surface area contributed by atoms with E-state index in [0.29, 0.717) is 32.1 Å². The summed E-state index contributed by atoms with van der Waals surface area (Å²) in [4.78, 5) is 21.2. The minimum atomic E-state index is -4.63. The fourth-order valence-corrected chi connectivity index (χ4v) is 3.25. The van der Waals surface area contributed by atoms with Crippen molar-refractivity contribution in [3.63, 3.8) is 0 Å². The van der Waals surface area contributed by atoms with Crippen LogP contribution in [0.25, 0.3) is 0 Å². The number of piperidine rings is 1. The maximum atomic E-state index is 13.3. The van der Waals surface area contributed by atoms with Crippen LogP contribution in [0.4, 0.5) is 30.6 Å². The van der Waals surface area contributed by atoms with Crippen molar-refractivity contribution in [3.05, 3.63) is 35.0 Å². The predicted molar refractivity (Wildman–Crippen MR) is 107 cm³/mol. The van der Waals surface area contributed by atoms with Crippen molar-refractivity contribution in [2.75, 3.05) is 30.3 Å². The Morgan fingerprint density at radius 3 is 2.80 bits per heavy atom. The van der Waals surface area contributed by atoms with Gasteiger partial charge in [0.15, 0.2) is 0 Å². The lowest BCUT2D eigenvalue weighted by Gasteiger charge is -2.26. The number of alkyl halides is 3. The molecular formula is C19H21ClF3N5O2. The number of halogens is 4. The van der Waals surface area contributed by atoms with Crippen LogP contribution in [-0.4, -0.2) is 45.5 Å². The van der Waals surface area contributed by atoms with Gasteiger partial charge in [-0.2, -0.15) is 18.2 Å². The molecule has 1 aliphatic rings. The van der Waals surface area contributed by atoms with Crippen LogP contribution >= 0.6 is 11.6 Å². The summed E-state index contributed by atoms with van der Waals surface area (Å²) >= 11 is 6.02. The fourth-order valence-electron chi connectivity index (χ4n) is 3.09. The number of phenols is 1. The van der Waals surface area contributed by atoms with Gasteiger partial charge in [0.2, 0.25) is 11.9 Å². The first kappa shape index (κ1) is 21.9. The number of nitrogens with one attached hydrogen (secondary N) is 2. The highest BCUT2D eigenvalue weighted by Crippen LogP contribution is 2.35. The second kappa shape index (κ2) is 9.38. The predicted octanol–water partition coefficient (Wildman–Crippen LogP) is 4.41. The molecule has 1 amide bonds. The Kier molecular flexibility index (Phi) is 6.86. The minimum Gasteiger partial charge on any atom is -0.508 e. The number of rotatable bonds is 7. The molecule has 2 heterocycles. The molecule has 1 aromatic carbocycles. The number of hydrogen-bond donors (Lipinski definition) is 3. The van der Waals surface area contributed by atoms with Crippen LogP contribution in [0.2, 0.25) is 5.02 Å². The first-order valence-electron chi connectivity index (χ1n) is 9.45. The number of carbonyl (C=O) groups excluding carboxylic acids is 1. The maximum Gasteiger partial charge on any atom is 0.421 e. The van der Waals surface area contributed by atoms with E-state index in [2.05, 4.69) is 20.6 Å². The molecule has 0 unspecified atom stereocenters. The zero-order chi connectivity index (χ0) is 21.7. The standard InChI is InChI=1S/C19H21ClF3N5O2/c20-14-6-5-12(29)10-15(14)26-18-25-11-13(19(21,22)23)17(27-18)24-7-3-9-28-8-2-1-4-16(28)30/h5-6,10-11,29H,1-4,7-9H2,(H2,24,25,26,27). The summed E-state index contributed by atoms with van der Waals surface area (Å²) in [5, 5.41) is 15.2. The Bertz CT molecular complexity index is 910. The third-order valence-corrected chi connectivity index (χ3v) is 4.94. The molecule has 0 radical (unpaired) electrons. The summed E-state index contributed by atoms with van der Waals surface area (Å²) in [5.74, 6) is -0.474. The largest absolute Gasteiger partial charge is 0.508 e. The van der Waals surface area contributed by atoms with Crippen LogP contribution < -0.4 is 10.6 Å². The third kappa shape index (κ3) is 5.65. The van der Waals surface area contributed by atoms with Crippen molar-refractivity contribution < 1.29 is 23.1 Å². The van der Waals surface area contributed by atoms with E-state index < -0.39 is 11.7 Å². The highest BCUT2D eigenvalue weighted by Gasteiger charge is 2.35. The number of aromatic nitrogens is 2. The molecule has 0 aliphatic carbocycles. The van der Waals surface area contributed by atoms with E-state index in [9.17, 15) is 23.1 Å². The second-order valence-electron chi connectivity index (χ2n) is 6.86. The molecule has 2 aromatic rings. The van der Waals surface area contributed by atoms with Crippen molar-refractivity contribution in [3.8, 4) is 5.75 Å². The van der Waals surface area contributed by atoms with Gasteiger partial charge in [0, 0.05) is 38.3 Å². The summed E-state index contributed by atoms with van der Waals surface area (Å²) in [6.07, 6.45) is -1.13. The van der Waals surface area contributed by atoms with Crippen molar-refractivity contribution in [1.29, 1.82) is 0 Å². The quantitative estimate of drug-likeness (QED) is 0.549. The highest BCUT2D eigenvalue weighted by molar-refractivity contribution is 6.33. The van der Waals surface area contributed by atoms with Crippen LogP contribution in [0, 0.1) is 0 Å². The van der Waals surface area contributed by atoms with Gasteiger partial charge in [-0.1, -0.05) is 11.6 Å². The van der Waals surface area contributed by atoms with Crippen molar-refractivity contribution in [2.45, 2.75) is 31.9 Å². The van der Waals surface area contributed by atoms with E-state index in [-0.39, 0.29) is 40.7 Å². The van der Waals surface area contributed by atoms with Crippen molar-refractivity contribution in [2.24, 2.45) is 0 Å². The van der Waals surface area contributed by atoms with Crippen LogP contribution in [-0.2, 0) is 11.0 Å². The zero-order valence-corrected chi connectivity index (χ0v) is 16.7. The molecule has 0 spiro atoms. The summed E-state index contributed by atoms with van der Waals surface area (Å²) in [7, 11) is 0. The molecule has 162 valence electrons. The van der Waals surface area contributed by atoms with Crippen LogP contribution in [0.1, 0.15) is 31.2 Å². The Balaban J connectivity index is 1.70. The molecule has 1 saturated heterocycles. The van der Waals surface area contributed by atoms with Gasteiger partial charge in [0.25, 0.3) is 0 Å². The molecular weight excluding hydrogens is 423 g/mol. The van der Waals surface area contributed by atoms with Gasteiger partial charge in [-0.05, 0) is 31.4 Å². The summed E-state index contributed by atoms with van der Waals surface area (Å²) in [6.45, 7) is 1.36. The van der Waals surface area contributed by atoms with Crippen molar-refractivity contribution in [1.82, 2.24) is 14.9 Å². The Morgan fingerprint density at radius 1 is 1.27 bits per heavy atom. The molecule has 3 N–H and O–H groups in total. The van der Waals surface area contributed by atoms with E-state index in [1.807, 2.05) is 0 Å². The lowest BCUT2D eigenvalue weighted by atomic mass is 10.1. The monoisotopic (exact) mass is 443 g/mol. The Hall–Kier alpha value is -2.75.